The summed E-state index contributed by atoms with van der Waals surface area (Å²) < 4.78 is 40.1. The van der Waals surface area contributed by atoms with E-state index in [2.05, 4.69) is 20.5 Å². The van der Waals surface area contributed by atoms with Crippen LogP contribution in [0.1, 0.15) is 11.1 Å². The van der Waals surface area contributed by atoms with E-state index in [1.54, 1.807) is 43.4 Å². The smallest absolute Gasteiger partial charge is 0.363 e. The third kappa shape index (κ3) is 5.56. The van der Waals surface area contributed by atoms with Crippen LogP contribution in [0.2, 0.25) is 0 Å². The predicted molar refractivity (Wildman–Crippen MR) is 128 cm³/mol. The number of hydrogen-bond acceptors (Lipinski definition) is 6. The molecule has 1 N–H and O–H groups in total. The molecule has 2 heterocycles. The Kier molecular flexibility index (Phi) is 6.41. The molecule has 0 aliphatic carbocycles. The van der Waals surface area contributed by atoms with Crippen LogP contribution in [-0.2, 0) is 6.18 Å². The van der Waals surface area contributed by atoms with Crippen LogP contribution in [0.4, 0.5) is 24.1 Å². The average molecular weight is 468 g/mol. The highest BCUT2D eigenvalue weighted by Crippen LogP contribution is 2.34. The lowest BCUT2D eigenvalue weighted by atomic mass is 10.1. The van der Waals surface area contributed by atoms with E-state index in [1.165, 1.54) is 11.3 Å². The van der Waals surface area contributed by atoms with E-state index in [0.29, 0.717) is 16.3 Å². The second kappa shape index (κ2) is 9.41. The fourth-order valence-corrected chi connectivity index (χ4v) is 3.73. The third-order valence-electron chi connectivity index (χ3n) is 4.73. The molecule has 9 heteroatoms. The summed E-state index contributed by atoms with van der Waals surface area (Å²) in [6, 6.07) is 18.9. The van der Waals surface area contributed by atoms with E-state index < -0.39 is 11.7 Å². The summed E-state index contributed by atoms with van der Waals surface area (Å²) in [4.78, 5) is 10.4. The molecular formula is C24H20F3N5S. The minimum Gasteiger partial charge on any atom is -0.363 e. The lowest BCUT2D eigenvalue weighted by Gasteiger charge is -2.16. The third-order valence-corrected chi connectivity index (χ3v) is 5.47. The number of hydrazone groups is 1. The quantitative estimate of drug-likeness (QED) is 0.263. The molecule has 0 aliphatic rings. The van der Waals surface area contributed by atoms with E-state index in [9.17, 15) is 13.2 Å². The number of halogens is 3. The summed E-state index contributed by atoms with van der Waals surface area (Å²) in [5.41, 5.74) is 5.55. The van der Waals surface area contributed by atoms with Gasteiger partial charge in [0.1, 0.15) is 5.82 Å². The van der Waals surface area contributed by atoms with Crippen LogP contribution >= 0.6 is 11.3 Å². The number of nitrogens with zero attached hydrogens (tertiary/aromatic N) is 4. The fourth-order valence-electron chi connectivity index (χ4n) is 3.06. The van der Waals surface area contributed by atoms with Crippen molar-refractivity contribution in [1.82, 2.24) is 9.97 Å². The first-order valence-corrected chi connectivity index (χ1v) is 10.8. The molecule has 168 valence electrons. The Labute approximate surface area is 193 Å². The number of pyridine rings is 1. The van der Waals surface area contributed by atoms with Crippen molar-refractivity contribution >= 4 is 28.5 Å². The molecule has 0 amide bonds. The Balaban J connectivity index is 1.53. The summed E-state index contributed by atoms with van der Waals surface area (Å²) in [5, 5.41) is 6.80. The van der Waals surface area contributed by atoms with Crippen molar-refractivity contribution in [2.45, 2.75) is 6.18 Å². The first-order chi connectivity index (χ1) is 15.8. The van der Waals surface area contributed by atoms with Gasteiger partial charge in [-0.25, -0.2) is 9.97 Å². The maximum Gasteiger partial charge on any atom is 0.416 e. The number of hydrogen-bond donors (Lipinski definition) is 1. The molecule has 0 bridgehead atoms. The topological polar surface area (TPSA) is 53.4 Å². The van der Waals surface area contributed by atoms with Crippen molar-refractivity contribution < 1.29 is 13.2 Å². The molecule has 0 radical (unpaired) electrons. The second-order valence-electron chi connectivity index (χ2n) is 7.39. The minimum absolute atomic E-state index is 0.235. The Hall–Kier alpha value is -3.72. The van der Waals surface area contributed by atoms with Crippen LogP contribution in [0, 0.1) is 0 Å². The van der Waals surface area contributed by atoms with Crippen molar-refractivity contribution in [3.05, 3.63) is 83.2 Å². The number of rotatable bonds is 6. The highest BCUT2D eigenvalue weighted by Gasteiger charge is 2.32. The van der Waals surface area contributed by atoms with Crippen LogP contribution in [-0.4, -0.2) is 30.3 Å². The summed E-state index contributed by atoms with van der Waals surface area (Å²) in [7, 11) is 3.31. The number of benzene rings is 2. The van der Waals surface area contributed by atoms with E-state index in [4.69, 9.17) is 0 Å². The van der Waals surface area contributed by atoms with Crippen LogP contribution < -0.4 is 10.3 Å². The van der Waals surface area contributed by atoms with Gasteiger partial charge in [-0.1, -0.05) is 48.5 Å². The van der Waals surface area contributed by atoms with E-state index in [-0.39, 0.29) is 11.5 Å². The van der Waals surface area contributed by atoms with Crippen LogP contribution in [0.25, 0.3) is 22.5 Å². The van der Waals surface area contributed by atoms with Gasteiger partial charge in [0.25, 0.3) is 0 Å². The lowest BCUT2D eigenvalue weighted by Crippen LogP contribution is -2.14. The first-order valence-electron chi connectivity index (χ1n) is 9.97. The predicted octanol–water partition coefficient (Wildman–Crippen LogP) is 6.40. The van der Waals surface area contributed by atoms with Crippen molar-refractivity contribution in [1.29, 1.82) is 0 Å². The summed E-state index contributed by atoms with van der Waals surface area (Å²) in [5.74, 6) is 0.235. The molecule has 5 nitrogen and oxygen atoms in total. The molecule has 0 saturated carbocycles. The van der Waals surface area contributed by atoms with Crippen LogP contribution in [0.3, 0.4) is 0 Å². The Morgan fingerprint density at radius 1 is 0.909 bits per heavy atom. The molecule has 4 rings (SSSR count). The number of anilines is 2. The summed E-state index contributed by atoms with van der Waals surface area (Å²) in [6.45, 7) is 0. The molecule has 0 unspecified atom stereocenters. The van der Waals surface area contributed by atoms with Crippen LogP contribution in [0.15, 0.2) is 77.2 Å². The van der Waals surface area contributed by atoms with Crippen molar-refractivity contribution in [2.75, 3.05) is 24.4 Å². The highest BCUT2D eigenvalue weighted by molar-refractivity contribution is 7.14. The maximum absolute atomic E-state index is 13.4. The van der Waals surface area contributed by atoms with Crippen molar-refractivity contribution in [3.8, 4) is 22.5 Å². The Morgan fingerprint density at radius 2 is 1.67 bits per heavy atom. The fraction of sp³-hybridized carbons (Fsp3) is 0.125. The SMILES string of the molecule is CN(C)c1cc(C(F)(F)F)cc(-c2cccc(C=NNc3nc(-c4ccccc4)cs3)c2)n1. The van der Waals surface area contributed by atoms with Gasteiger partial charge in [-0.2, -0.15) is 18.3 Å². The minimum atomic E-state index is -4.46. The van der Waals surface area contributed by atoms with Crippen molar-refractivity contribution in [2.24, 2.45) is 5.10 Å². The van der Waals surface area contributed by atoms with Gasteiger partial charge >= 0.3 is 6.18 Å². The van der Waals surface area contributed by atoms with Gasteiger partial charge < -0.3 is 4.90 Å². The molecule has 0 fully saturated rings. The molecule has 33 heavy (non-hydrogen) atoms. The first kappa shape index (κ1) is 22.5. The van der Waals surface area contributed by atoms with Crippen molar-refractivity contribution in [3.63, 3.8) is 0 Å². The summed E-state index contributed by atoms with van der Waals surface area (Å²) in [6.07, 6.45) is -2.87. The van der Waals surface area contributed by atoms with E-state index >= 15 is 0 Å². The van der Waals surface area contributed by atoms with Gasteiger partial charge in [0, 0.05) is 30.6 Å². The molecule has 2 aromatic carbocycles. The normalized spacial score (nSPS) is 11.7. The Morgan fingerprint density at radius 3 is 2.39 bits per heavy atom. The molecular weight excluding hydrogens is 447 g/mol. The lowest BCUT2D eigenvalue weighted by molar-refractivity contribution is -0.137. The van der Waals surface area contributed by atoms with Gasteiger partial charge in [-0.15, -0.1) is 11.3 Å². The zero-order valence-corrected chi connectivity index (χ0v) is 18.7. The number of nitrogens with one attached hydrogen (secondary N) is 1. The molecule has 0 atom stereocenters. The molecule has 2 aromatic heterocycles. The van der Waals surface area contributed by atoms with Gasteiger partial charge in [0.2, 0.25) is 5.13 Å². The van der Waals surface area contributed by atoms with E-state index in [1.807, 2.05) is 41.8 Å². The number of alkyl halides is 3. The van der Waals surface area contributed by atoms with Gasteiger partial charge in [0.05, 0.1) is 23.2 Å². The maximum atomic E-state index is 13.4. The monoisotopic (exact) mass is 467 g/mol. The van der Waals surface area contributed by atoms with E-state index in [0.717, 1.165) is 23.4 Å². The second-order valence-corrected chi connectivity index (χ2v) is 8.25. The van der Waals surface area contributed by atoms with Crippen LogP contribution in [0.5, 0.6) is 0 Å². The zero-order valence-electron chi connectivity index (χ0n) is 17.8. The average Bonchev–Trinajstić information content (AvgIpc) is 3.28. The molecule has 0 spiro atoms. The van der Waals surface area contributed by atoms with Gasteiger partial charge in [0.15, 0.2) is 0 Å². The van der Waals surface area contributed by atoms with Gasteiger partial charge in [-0.3, -0.25) is 5.43 Å². The highest BCUT2D eigenvalue weighted by atomic mass is 32.1. The summed E-state index contributed by atoms with van der Waals surface area (Å²) >= 11 is 1.43. The molecule has 0 saturated heterocycles. The number of thiazole rings is 1. The molecule has 0 aliphatic heterocycles. The molecule has 4 aromatic rings. The standard InChI is InChI=1S/C24H20F3N5S/c1-32(2)22-13-19(24(25,26)27)12-20(29-22)18-10-6-7-16(11-18)14-28-31-23-30-21(15-33-23)17-8-4-3-5-9-17/h3-15H,1-2H3,(H,30,31). The number of aromatic nitrogens is 2. The Bertz CT molecular complexity index is 1270. The zero-order chi connectivity index (χ0) is 23.4. The largest absolute Gasteiger partial charge is 0.416 e. The van der Waals surface area contributed by atoms with Gasteiger partial charge in [-0.05, 0) is 23.8 Å².